The van der Waals surface area contributed by atoms with Gasteiger partial charge in [-0.25, -0.2) is 0 Å². The Bertz CT molecular complexity index is 1420. The SMILES string of the molecule is CC(C)CCC(c1ccc(C(=O)NCc2nn[nH]n2)cc1)N1C(=O)C(=NCc2ccccc2)NC12CCC(C(C)(C)C)CC2. The largest absolute Gasteiger partial charge is 0.345 e. The van der Waals surface area contributed by atoms with Gasteiger partial charge in [-0.15, -0.1) is 10.2 Å². The zero-order chi connectivity index (χ0) is 31.3. The summed E-state index contributed by atoms with van der Waals surface area (Å²) in [5, 5.41) is 20.2. The number of hydrogen-bond acceptors (Lipinski definition) is 6. The van der Waals surface area contributed by atoms with Gasteiger partial charge in [0.1, 0.15) is 5.66 Å². The molecule has 0 radical (unpaired) electrons. The molecular formula is C34H46N8O2. The van der Waals surface area contributed by atoms with Crippen LogP contribution in [-0.2, 0) is 17.9 Å². The van der Waals surface area contributed by atoms with Gasteiger partial charge in [-0.3, -0.25) is 14.6 Å². The summed E-state index contributed by atoms with van der Waals surface area (Å²) in [5.74, 6) is 1.70. The molecule has 3 aromatic rings. The van der Waals surface area contributed by atoms with E-state index >= 15 is 0 Å². The van der Waals surface area contributed by atoms with Crippen LogP contribution in [0.4, 0.5) is 0 Å². The summed E-state index contributed by atoms with van der Waals surface area (Å²) in [7, 11) is 0. The number of nitrogens with zero attached hydrogens (tertiary/aromatic N) is 5. The lowest BCUT2D eigenvalue weighted by Gasteiger charge is -2.48. The summed E-state index contributed by atoms with van der Waals surface area (Å²) in [6, 6.07) is 17.6. The Hall–Kier alpha value is -4.08. The van der Waals surface area contributed by atoms with Crippen molar-refractivity contribution in [2.24, 2.45) is 22.2 Å². The molecule has 1 aliphatic heterocycles. The van der Waals surface area contributed by atoms with E-state index in [1.54, 1.807) is 0 Å². The first-order valence-corrected chi connectivity index (χ1v) is 15.9. The van der Waals surface area contributed by atoms with Crippen LogP contribution in [0.5, 0.6) is 0 Å². The Labute approximate surface area is 260 Å². The number of aromatic amines is 1. The molecule has 3 N–H and O–H groups in total. The molecule has 44 heavy (non-hydrogen) atoms. The molecule has 5 rings (SSSR count). The molecule has 2 aliphatic rings. The van der Waals surface area contributed by atoms with Gasteiger partial charge in [0.05, 0.1) is 19.1 Å². The van der Waals surface area contributed by atoms with E-state index in [1.165, 1.54) is 0 Å². The van der Waals surface area contributed by atoms with E-state index in [1.807, 2.05) is 54.6 Å². The lowest BCUT2D eigenvalue weighted by atomic mass is 9.69. The number of amides is 2. The second kappa shape index (κ2) is 13.3. The molecule has 1 unspecified atom stereocenters. The molecule has 2 fully saturated rings. The van der Waals surface area contributed by atoms with Crippen molar-refractivity contribution >= 4 is 17.6 Å². The van der Waals surface area contributed by atoms with Crippen molar-refractivity contribution in [1.82, 2.24) is 36.2 Å². The van der Waals surface area contributed by atoms with Crippen molar-refractivity contribution in [3.63, 3.8) is 0 Å². The molecule has 1 aliphatic carbocycles. The first kappa shape index (κ1) is 31.3. The van der Waals surface area contributed by atoms with E-state index in [0.29, 0.717) is 35.6 Å². The molecular weight excluding hydrogens is 552 g/mol. The number of aromatic nitrogens is 4. The summed E-state index contributed by atoms with van der Waals surface area (Å²) >= 11 is 0. The lowest BCUT2D eigenvalue weighted by Crippen LogP contribution is -2.56. The predicted octanol–water partition coefficient (Wildman–Crippen LogP) is 5.57. The Kier molecular flexibility index (Phi) is 9.46. The van der Waals surface area contributed by atoms with Crippen molar-refractivity contribution < 1.29 is 9.59 Å². The first-order chi connectivity index (χ1) is 21.1. The number of amidine groups is 1. The van der Waals surface area contributed by atoms with Crippen molar-refractivity contribution in [1.29, 1.82) is 0 Å². The van der Waals surface area contributed by atoms with E-state index in [9.17, 15) is 9.59 Å². The molecule has 234 valence electrons. The number of carbonyl (C=O) groups is 2. The number of nitrogens with one attached hydrogen (secondary N) is 3. The van der Waals surface area contributed by atoms with E-state index in [0.717, 1.165) is 49.7 Å². The minimum Gasteiger partial charge on any atom is -0.345 e. The van der Waals surface area contributed by atoms with Crippen LogP contribution in [-0.4, -0.2) is 48.8 Å². The third-order valence-electron chi connectivity index (χ3n) is 9.22. The van der Waals surface area contributed by atoms with Crippen molar-refractivity contribution in [2.75, 3.05) is 0 Å². The standard InChI is InChI=1S/C34H46N8O2/c1-23(2)11-16-28(25-12-14-26(15-13-25)31(43)36-22-29-38-40-41-39-29)42-32(44)30(35-21-24-9-7-6-8-10-24)37-34(42)19-17-27(18-20-34)33(3,4)5/h6-10,12-15,23,27-28H,11,16-22H2,1-5H3,(H,35,37)(H,36,43)(H,38,39,40,41). The highest BCUT2D eigenvalue weighted by molar-refractivity contribution is 6.40. The van der Waals surface area contributed by atoms with Gasteiger partial charge in [-0.05, 0) is 79.0 Å². The molecule has 10 heteroatoms. The molecule has 1 saturated heterocycles. The fourth-order valence-corrected chi connectivity index (χ4v) is 6.58. The molecule has 0 bridgehead atoms. The Morgan fingerprint density at radius 1 is 1.07 bits per heavy atom. The molecule has 2 aromatic carbocycles. The van der Waals surface area contributed by atoms with Crippen LogP contribution < -0.4 is 10.6 Å². The smallest absolute Gasteiger partial charge is 0.291 e. The average Bonchev–Trinajstić information content (AvgIpc) is 3.62. The van der Waals surface area contributed by atoms with E-state index in [4.69, 9.17) is 4.99 Å². The fraction of sp³-hybridized carbons (Fsp3) is 0.529. The molecule has 2 amide bonds. The zero-order valence-corrected chi connectivity index (χ0v) is 26.6. The van der Waals surface area contributed by atoms with Crippen LogP contribution in [0.2, 0.25) is 0 Å². The Morgan fingerprint density at radius 3 is 2.39 bits per heavy atom. The first-order valence-electron chi connectivity index (χ1n) is 15.9. The summed E-state index contributed by atoms with van der Waals surface area (Å²) in [6.07, 6.45) is 5.63. The monoisotopic (exact) mass is 598 g/mol. The van der Waals surface area contributed by atoms with E-state index < -0.39 is 5.66 Å². The van der Waals surface area contributed by atoms with Crippen LogP contribution in [0.25, 0.3) is 0 Å². The maximum Gasteiger partial charge on any atom is 0.291 e. The molecule has 1 saturated carbocycles. The van der Waals surface area contributed by atoms with Gasteiger partial charge in [0.15, 0.2) is 11.7 Å². The second-order valence-electron chi connectivity index (χ2n) is 13.7. The molecule has 1 atom stereocenters. The van der Waals surface area contributed by atoms with Crippen LogP contribution >= 0.6 is 0 Å². The van der Waals surface area contributed by atoms with Crippen LogP contribution in [0.1, 0.15) is 106 Å². The molecule has 1 spiro atoms. The highest BCUT2D eigenvalue weighted by Gasteiger charge is 2.53. The number of benzene rings is 2. The van der Waals surface area contributed by atoms with E-state index in [2.05, 4.69) is 70.8 Å². The van der Waals surface area contributed by atoms with Crippen molar-refractivity contribution in [2.45, 2.75) is 97.9 Å². The maximum absolute atomic E-state index is 14.4. The highest BCUT2D eigenvalue weighted by atomic mass is 16.2. The topological polar surface area (TPSA) is 128 Å². The maximum atomic E-state index is 14.4. The lowest BCUT2D eigenvalue weighted by molar-refractivity contribution is -0.133. The van der Waals surface area contributed by atoms with Gasteiger partial charge in [-0.2, -0.15) is 5.21 Å². The number of H-pyrrole nitrogens is 1. The Morgan fingerprint density at radius 2 is 1.77 bits per heavy atom. The summed E-state index contributed by atoms with van der Waals surface area (Å²) < 4.78 is 0. The average molecular weight is 599 g/mol. The van der Waals surface area contributed by atoms with E-state index in [-0.39, 0.29) is 29.8 Å². The predicted molar refractivity (Wildman–Crippen MR) is 170 cm³/mol. The summed E-state index contributed by atoms with van der Waals surface area (Å²) in [4.78, 5) is 34.2. The third-order valence-corrected chi connectivity index (χ3v) is 9.22. The number of rotatable bonds is 10. The molecule has 1 aromatic heterocycles. The van der Waals surface area contributed by atoms with Gasteiger partial charge < -0.3 is 15.5 Å². The van der Waals surface area contributed by atoms with Gasteiger partial charge in [0.2, 0.25) is 0 Å². The Balaban J connectivity index is 1.44. The molecule has 2 heterocycles. The minimum absolute atomic E-state index is 0.0363. The second-order valence-corrected chi connectivity index (χ2v) is 13.7. The number of aliphatic imine (C=N–C) groups is 1. The fourth-order valence-electron chi connectivity index (χ4n) is 6.58. The van der Waals surface area contributed by atoms with Crippen LogP contribution in [0, 0.1) is 17.3 Å². The van der Waals surface area contributed by atoms with Crippen LogP contribution in [0.3, 0.4) is 0 Å². The number of hydrogen-bond donors (Lipinski definition) is 3. The van der Waals surface area contributed by atoms with Gasteiger partial charge >= 0.3 is 0 Å². The number of tetrazole rings is 1. The summed E-state index contributed by atoms with van der Waals surface area (Å²) in [5.41, 5.74) is 2.36. The van der Waals surface area contributed by atoms with Crippen molar-refractivity contribution in [3.05, 3.63) is 77.1 Å². The molecule has 10 nitrogen and oxygen atoms in total. The highest BCUT2D eigenvalue weighted by Crippen LogP contribution is 2.47. The zero-order valence-electron chi connectivity index (χ0n) is 26.6. The van der Waals surface area contributed by atoms with Gasteiger partial charge in [0.25, 0.3) is 11.8 Å². The van der Waals surface area contributed by atoms with Crippen LogP contribution in [0.15, 0.2) is 59.6 Å². The number of carbonyl (C=O) groups excluding carboxylic acids is 2. The summed E-state index contributed by atoms with van der Waals surface area (Å²) in [6.45, 7) is 12.0. The third kappa shape index (κ3) is 7.17. The quantitative estimate of drug-likeness (QED) is 0.280. The normalized spacial score (nSPS) is 22.0. The van der Waals surface area contributed by atoms with Crippen molar-refractivity contribution in [3.8, 4) is 0 Å². The van der Waals surface area contributed by atoms with Gasteiger partial charge in [-0.1, -0.05) is 82.3 Å². The minimum atomic E-state index is -0.489. The van der Waals surface area contributed by atoms with Gasteiger partial charge in [0, 0.05) is 5.56 Å².